The first-order valence-electron chi connectivity index (χ1n) is 33.6. The fraction of sp³-hybridized carbons (Fsp3) is 0.652. The number of nitrogens with zero attached hydrogens (tertiary/aromatic N) is 9. The van der Waals surface area contributed by atoms with Gasteiger partial charge in [-0.1, -0.05) is 114 Å². The molecule has 3 fully saturated rings. The van der Waals surface area contributed by atoms with E-state index in [4.69, 9.17) is 23.2 Å². The quantitative estimate of drug-likeness (QED) is 0.259. The number of carbonyl (C=O) groups excluding carboxylic acids is 12. The molecule has 0 unspecified atom stereocenters. The van der Waals surface area contributed by atoms with Crippen molar-refractivity contribution in [2.75, 3.05) is 89.1 Å². The standard InChI is InChI=1S/C69H101Cl2F3N12O12/c1-16-42(4)58-65(96)80(10)39-56(89)78(8)40-57(90)82(12)52(35-44-24-18-17-19-25-44)63(94)79(9)38-54(87)75-50(31-29-45-28-30-47(49(71)34-45)69(72,73)74)62(93)83(13)51(36-46-26-20-21-27-48(46)70)61(92)77-68(6,7)67(98)85(15)59(41(2)3)66(97)84(14)53(64(95)86-32-22-23-33-86)37-55(88)81(11)43(5)60(91)76-58/h20-21,26-28,30,34,41-44,50-53,58-59H,16-19,22-25,29,31-33,35-40H2,1-15H3,(H,75,87)(H,76,91)(H,77,92)/t42-,43-,50-,51-,52-,53-,58-,59-/m0/s1. The highest BCUT2D eigenvalue weighted by Gasteiger charge is 2.46. The molecule has 1 aliphatic carbocycles. The summed E-state index contributed by atoms with van der Waals surface area (Å²) < 4.78 is 41.7. The van der Waals surface area contributed by atoms with E-state index in [1.807, 2.05) is 0 Å². The molecule has 29 heteroatoms. The molecule has 0 aromatic heterocycles. The number of aryl methyl sites for hydroxylation is 1. The lowest BCUT2D eigenvalue weighted by molar-refractivity contribution is -0.155. The van der Waals surface area contributed by atoms with E-state index >= 15 is 19.2 Å². The van der Waals surface area contributed by atoms with Crippen LogP contribution in [0.25, 0.3) is 0 Å². The lowest BCUT2D eigenvalue weighted by Gasteiger charge is -2.40. The number of rotatable bonds is 11. The number of benzene rings is 2. The molecule has 2 aliphatic heterocycles. The van der Waals surface area contributed by atoms with Gasteiger partial charge in [-0.3, -0.25) is 57.5 Å². The van der Waals surface area contributed by atoms with Gasteiger partial charge in [-0.05, 0) is 100.0 Å². The van der Waals surface area contributed by atoms with Crippen LogP contribution in [0.5, 0.6) is 0 Å². The van der Waals surface area contributed by atoms with E-state index < -0.39 is 173 Å². The van der Waals surface area contributed by atoms with Crippen molar-refractivity contribution in [3.63, 3.8) is 0 Å². The predicted molar refractivity (Wildman–Crippen MR) is 363 cm³/mol. The van der Waals surface area contributed by atoms with Crippen LogP contribution >= 0.6 is 23.2 Å². The minimum absolute atomic E-state index is 0.00884. The molecule has 24 nitrogen and oxygen atoms in total. The molecular weight excluding hydrogens is 1320 g/mol. The van der Waals surface area contributed by atoms with Crippen LogP contribution in [0, 0.1) is 17.8 Å². The maximum atomic E-state index is 15.3. The summed E-state index contributed by atoms with van der Waals surface area (Å²) in [5.41, 5.74) is -2.38. The van der Waals surface area contributed by atoms with Gasteiger partial charge in [0.05, 0.1) is 36.6 Å². The predicted octanol–water partition coefficient (Wildman–Crippen LogP) is 5.28. The Bertz CT molecular complexity index is 3240. The van der Waals surface area contributed by atoms with Crippen LogP contribution in [0.15, 0.2) is 42.5 Å². The summed E-state index contributed by atoms with van der Waals surface area (Å²) >= 11 is 12.9. The molecule has 544 valence electrons. The minimum Gasteiger partial charge on any atom is -0.343 e. The van der Waals surface area contributed by atoms with E-state index in [1.165, 1.54) is 93.0 Å². The van der Waals surface area contributed by atoms with Crippen LogP contribution < -0.4 is 16.0 Å². The van der Waals surface area contributed by atoms with Gasteiger partial charge in [0, 0.05) is 80.9 Å². The molecule has 5 rings (SSSR count). The average molecular weight is 1420 g/mol. The number of likely N-dealkylation sites (N-methyl/N-ethyl adjacent to an activating group) is 8. The molecule has 0 bridgehead atoms. The molecule has 12 amide bonds. The highest BCUT2D eigenvalue weighted by atomic mass is 35.5. The molecule has 3 aliphatic rings. The molecule has 98 heavy (non-hydrogen) atoms. The third kappa shape index (κ3) is 21.0. The van der Waals surface area contributed by atoms with Crippen molar-refractivity contribution < 1.29 is 70.7 Å². The van der Waals surface area contributed by atoms with Crippen molar-refractivity contribution in [2.45, 2.75) is 186 Å². The van der Waals surface area contributed by atoms with E-state index in [9.17, 15) is 51.5 Å². The smallest absolute Gasteiger partial charge is 0.343 e. The van der Waals surface area contributed by atoms with E-state index in [2.05, 4.69) is 16.0 Å². The van der Waals surface area contributed by atoms with Crippen molar-refractivity contribution in [1.82, 2.24) is 60.0 Å². The Hall–Kier alpha value is -7.55. The largest absolute Gasteiger partial charge is 0.417 e. The summed E-state index contributed by atoms with van der Waals surface area (Å²) in [5.74, 6) is -10.1. The highest BCUT2D eigenvalue weighted by Crippen LogP contribution is 2.36. The van der Waals surface area contributed by atoms with E-state index in [-0.39, 0.29) is 42.2 Å². The van der Waals surface area contributed by atoms with Gasteiger partial charge in [0.2, 0.25) is 70.9 Å². The first-order valence-corrected chi connectivity index (χ1v) is 34.3. The summed E-state index contributed by atoms with van der Waals surface area (Å²) in [6, 6.07) is -0.0226. The Morgan fingerprint density at radius 2 is 1.24 bits per heavy atom. The summed E-state index contributed by atoms with van der Waals surface area (Å²) in [6.45, 7) is 9.94. The summed E-state index contributed by atoms with van der Waals surface area (Å²) in [6.07, 6.45) is -0.0231. The number of amides is 12. The lowest BCUT2D eigenvalue weighted by Crippen LogP contribution is -2.64. The van der Waals surface area contributed by atoms with Gasteiger partial charge in [0.25, 0.3) is 0 Å². The molecule has 2 heterocycles. The maximum absolute atomic E-state index is 15.3. The van der Waals surface area contributed by atoms with Crippen LogP contribution in [-0.4, -0.2) is 252 Å². The van der Waals surface area contributed by atoms with Gasteiger partial charge in [-0.2, -0.15) is 13.2 Å². The number of hydrogen-bond acceptors (Lipinski definition) is 12. The molecule has 3 N–H and O–H groups in total. The Morgan fingerprint density at radius 3 is 1.83 bits per heavy atom. The second-order valence-corrected chi connectivity index (χ2v) is 28.4. The Kier molecular flexibility index (Phi) is 29.4. The van der Waals surface area contributed by atoms with Crippen LogP contribution in [0.1, 0.15) is 136 Å². The molecule has 2 saturated heterocycles. The van der Waals surface area contributed by atoms with Crippen molar-refractivity contribution in [2.24, 2.45) is 17.8 Å². The zero-order valence-corrected chi connectivity index (χ0v) is 60.9. The Labute approximate surface area is 584 Å². The number of alkyl halides is 3. The molecule has 2 aromatic rings. The van der Waals surface area contributed by atoms with Gasteiger partial charge in [0.1, 0.15) is 47.8 Å². The van der Waals surface area contributed by atoms with Gasteiger partial charge in [-0.15, -0.1) is 0 Å². The van der Waals surface area contributed by atoms with E-state index in [1.54, 1.807) is 52.0 Å². The Balaban J connectivity index is 1.63. The topological polar surface area (TPSA) is 270 Å². The molecule has 1 saturated carbocycles. The number of halogens is 5. The average Bonchev–Trinajstić information content (AvgIpc) is 0.861. The van der Waals surface area contributed by atoms with Crippen LogP contribution in [0.2, 0.25) is 10.0 Å². The van der Waals surface area contributed by atoms with Crippen molar-refractivity contribution in [3.05, 3.63) is 69.2 Å². The number of nitrogens with one attached hydrogen (secondary N) is 3. The Morgan fingerprint density at radius 1 is 0.643 bits per heavy atom. The second kappa shape index (κ2) is 35.5. The number of hydrogen-bond donors (Lipinski definition) is 3. The van der Waals surface area contributed by atoms with Crippen molar-refractivity contribution in [3.8, 4) is 0 Å². The van der Waals surface area contributed by atoms with Crippen molar-refractivity contribution in [1.29, 1.82) is 0 Å². The number of carbonyl (C=O) groups is 12. The van der Waals surface area contributed by atoms with E-state index in [0.29, 0.717) is 37.9 Å². The molecular formula is C69H101Cl2F3N12O12. The zero-order valence-electron chi connectivity index (χ0n) is 59.4. The number of likely N-dealkylation sites (tertiary alicyclic amines) is 1. The fourth-order valence-corrected chi connectivity index (χ4v) is 13.3. The van der Waals surface area contributed by atoms with E-state index in [0.717, 1.165) is 78.5 Å². The molecule has 0 radical (unpaired) electrons. The monoisotopic (exact) mass is 1420 g/mol. The summed E-state index contributed by atoms with van der Waals surface area (Å²) in [7, 11) is 10.8. The van der Waals surface area contributed by atoms with Gasteiger partial charge < -0.3 is 60.0 Å². The van der Waals surface area contributed by atoms with Crippen LogP contribution in [0.3, 0.4) is 0 Å². The summed E-state index contributed by atoms with van der Waals surface area (Å²) in [4.78, 5) is 186. The first kappa shape index (κ1) is 81.1. The van der Waals surface area contributed by atoms with Gasteiger partial charge >= 0.3 is 6.18 Å². The molecule has 2 aromatic carbocycles. The van der Waals surface area contributed by atoms with Crippen LogP contribution in [-0.2, 0) is 76.6 Å². The summed E-state index contributed by atoms with van der Waals surface area (Å²) in [5, 5.41) is 7.82. The fourth-order valence-electron chi connectivity index (χ4n) is 12.8. The third-order valence-electron chi connectivity index (χ3n) is 19.5. The van der Waals surface area contributed by atoms with Gasteiger partial charge in [0.15, 0.2) is 0 Å². The van der Waals surface area contributed by atoms with Crippen molar-refractivity contribution >= 4 is 94.1 Å². The highest BCUT2D eigenvalue weighted by molar-refractivity contribution is 6.31. The molecule has 8 atom stereocenters. The minimum atomic E-state index is -4.79. The normalized spacial score (nSPS) is 24.7. The van der Waals surface area contributed by atoms with Crippen LogP contribution in [0.4, 0.5) is 13.2 Å². The third-order valence-corrected chi connectivity index (χ3v) is 20.2. The first-order chi connectivity index (χ1) is 45.7. The lowest BCUT2D eigenvalue weighted by atomic mass is 9.84. The molecule has 0 spiro atoms. The SMILES string of the molecule is CC[C@H](C)[C@@H]1NC(=O)[C@H](C)N(C)C(=O)C[C@@H](C(=O)N2CCCC2)N(C)C(=O)[C@H](C(C)C)N(C)C(=O)C(C)(C)NC(=O)[C@H](Cc2ccccc2Cl)N(C)C(=O)[C@H](CCc2ccc(C(F)(F)F)c(Cl)c2)NC(=O)CN(C)C(=O)[C@H](CC2CCCCC2)N(C)C(=O)CN(C)C(=O)CN(C)C1=O. The van der Waals surface area contributed by atoms with Gasteiger partial charge in [-0.25, -0.2) is 0 Å². The maximum Gasteiger partial charge on any atom is 0.417 e. The zero-order chi connectivity index (χ0) is 73.6. The second-order valence-electron chi connectivity index (χ2n) is 27.6.